The number of carbonyl (C=O) groups is 3. The van der Waals surface area contributed by atoms with Crippen LogP contribution in [0.5, 0.6) is 0 Å². The first-order valence-electron chi connectivity index (χ1n) is 13.0. The maximum absolute atomic E-state index is 13.9. The second-order valence-corrected chi connectivity index (χ2v) is 9.89. The molecule has 1 aliphatic rings. The number of hydrogen-bond donors (Lipinski definition) is 2. The predicted octanol–water partition coefficient (Wildman–Crippen LogP) is 5.48. The van der Waals surface area contributed by atoms with E-state index in [-0.39, 0.29) is 23.9 Å². The summed E-state index contributed by atoms with van der Waals surface area (Å²) in [5.41, 5.74) is 5.97. The molecule has 0 spiro atoms. The van der Waals surface area contributed by atoms with Crippen molar-refractivity contribution in [2.24, 2.45) is 5.92 Å². The third-order valence-electron chi connectivity index (χ3n) is 7.57. The first kappa shape index (κ1) is 24.7. The van der Waals surface area contributed by atoms with Crippen molar-refractivity contribution in [1.29, 1.82) is 0 Å². The van der Waals surface area contributed by atoms with Gasteiger partial charge in [-0.1, -0.05) is 79.7 Å². The molecular weight excluding hydrogens is 460 g/mol. The molecule has 1 aromatic heterocycles. The monoisotopic (exact) mass is 492 g/mol. The number of Topliss-reactive ketones (excluding diaryl/α,β-unsaturated/α-hetero) is 2. The number of H-pyrrole nitrogens is 1. The number of aryl methyl sites for hydroxylation is 1. The van der Waals surface area contributed by atoms with Gasteiger partial charge in [-0.25, -0.2) is 0 Å². The zero-order valence-corrected chi connectivity index (χ0v) is 21.3. The van der Waals surface area contributed by atoms with Crippen LogP contribution >= 0.6 is 0 Å². The summed E-state index contributed by atoms with van der Waals surface area (Å²) in [5.74, 6) is -1.75. The lowest BCUT2D eigenvalue weighted by Gasteiger charge is -2.24. The molecule has 0 saturated heterocycles. The van der Waals surface area contributed by atoms with Crippen LogP contribution in [0.2, 0.25) is 0 Å². The highest BCUT2D eigenvalue weighted by Crippen LogP contribution is 2.45. The van der Waals surface area contributed by atoms with Gasteiger partial charge < -0.3 is 10.3 Å². The number of amides is 1. The van der Waals surface area contributed by atoms with Crippen LogP contribution in [0.15, 0.2) is 78.9 Å². The Hall–Kier alpha value is -3.99. The van der Waals surface area contributed by atoms with Crippen LogP contribution < -0.4 is 5.32 Å². The van der Waals surface area contributed by atoms with Crippen molar-refractivity contribution < 1.29 is 14.4 Å². The van der Waals surface area contributed by atoms with Gasteiger partial charge in [0, 0.05) is 42.4 Å². The Balaban J connectivity index is 1.65. The molecule has 0 aliphatic heterocycles. The van der Waals surface area contributed by atoms with Crippen molar-refractivity contribution in [1.82, 2.24) is 10.3 Å². The molecule has 1 saturated carbocycles. The number of rotatable bonds is 8. The summed E-state index contributed by atoms with van der Waals surface area (Å²) in [6.45, 7) is 4.11. The highest BCUT2D eigenvalue weighted by molar-refractivity contribution is 6.13. The lowest BCUT2D eigenvalue weighted by molar-refractivity contribution is -0.128. The number of nitrogens with one attached hydrogen (secondary N) is 2. The Morgan fingerprint density at radius 2 is 1.70 bits per heavy atom. The molecule has 4 aromatic rings. The molecule has 3 atom stereocenters. The molecule has 3 unspecified atom stereocenters. The third kappa shape index (κ3) is 4.86. The van der Waals surface area contributed by atoms with Gasteiger partial charge in [0.05, 0.1) is 11.8 Å². The van der Waals surface area contributed by atoms with Gasteiger partial charge in [0.2, 0.25) is 5.91 Å². The van der Waals surface area contributed by atoms with Gasteiger partial charge in [-0.3, -0.25) is 14.4 Å². The largest absolute Gasteiger partial charge is 0.358 e. The van der Waals surface area contributed by atoms with Gasteiger partial charge in [0.1, 0.15) is 5.78 Å². The van der Waals surface area contributed by atoms with Gasteiger partial charge in [-0.2, -0.15) is 0 Å². The van der Waals surface area contributed by atoms with Crippen molar-refractivity contribution in [3.05, 3.63) is 107 Å². The number of aromatic amines is 1. The molecule has 1 aliphatic carbocycles. The zero-order valence-electron chi connectivity index (χ0n) is 21.3. The zero-order chi connectivity index (χ0) is 25.9. The number of ketones is 2. The Bertz CT molecular complexity index is 1440. The minimum atomic E-state index is -0.772. The average molecular weight is 493 g/mol. The summed E-state index contributed by atoms with van der Waals surface area (Å²) in [6, 6.07) is 25.9. The SMILES string of the molecule is CCc1ccc2c(CCNC(C)=O)c(C(c3ccccc3)C3C(=O)CC(c4ccccc4)C3=O)[nH]c2c1. The second kappa shape index (κ2) is 10.6. The Morgan fingerprint density at radius 3 is 2.38 bits per heavy atom. The van der Waals surface area contributed by atoms with Gasteiger partial charge in [0.15, 0.2) is 5.78 Å². The van der Waals surface area contributed by atoms with E-state index in [9.17, 15) is 14.4 Å². The molecule has 5 rings (SSSR count). The molecule has 1 heterocycles. The normalized spacial score (nSPS) is 18.3. The van der Waals surface area contributed by atoms with Crippen LogP contribution in [-0.4, -0.2) is 29.0 Å². The Morgan fingerprint density at radius 1 is 1.00 bits per heavy atom. The molecule has 0 radical (unpaired) electrons. The quantitative estimate of drug-likeness (QED) is 0.320. The first-order chi connectivity index (χ1) is 18.0. The van der Waals surface area contributed by atoms with E-state index in [4.69, 9.17) is 0 Å². The maximum atomic E-state index is 13.9. The highest BCUT2D eigenvalue weighted by atomic mass is 16.2. The molecule has 1 fully saturated rings. The summed E-state index contributed by atoms with van der Waals surface area (Å²) in [5, 5.41) is 3.97. The summed E-state index contributed by atoms with van der Waals surface area (Å²) < 4.78 is 0. The molecule has 5 nitrogen and oxygen atoms in total. The van der Waals surface area contributed by atoms with E-state index in [0.29, 0.717) is 13.0 Å². The van der Waals surface area contributed by atoms with Crippen LogP contribution in [0, 0.1) is 5.92 Å². The minimum absolute atomic E-state index is 0.0200. The summed E-state index contributed by atoms with van der Waals surface area (Å²) in [7, 11) is 0. The Kier molecular flexibility index (Phi) is 7.04. The highest BCUT2D eigenvalue weighted by Gasteiger charge is 2.47. The fourth-order valence-corrected chi connectivity index (χ4v) is 5.75. The third-order valence-corrected chi connectivity index (χ3v) is 7.57. The molecule has 3 aromatic carbocycles. The van der Waals surface area contributed by atoms with E-state index in [2.05, 4.69) is 35.4 Å². The van der Waals surface area contributed by atoms with Crippen LogP contribution in [0.1, 0.15) is 60.1 Å². The molecule has 188 valence electrons. The van der Waals surface area contributed by atoms with Crippen LogP contribution in [-0.2, 0) is 27.2 Å². The fraction of sp³-hybridized carbons (Fsp3) is 0.281. The van der Waals surface area contributed by atoms with Gasteiger partial charge in [0.25, 0.3) is 0 Å². The van der Waals surface area contributed by atoms with Gasteiger partial charge >= 0.3 is 0 Å². The predicted molar refractivity (Wildman–Crippen MR) is 146 cm³/mol. The topological polar surface area (TPSA) is 79.0 Å². The molecule has 2 N–H and O–H groups in total. The van der Waals surface area contributed by atoms with E-state index in [1.807, 2.05) is 60.7 Å². The minimum Gasteiger partial charge on any atom is -0.358 e. The number of aromatic nitrogens is 1. The van der Waals surface area contributed by atoms with E-state index in [0.717, 1.165) is 39.7 Å². The Labute approximate surface area is 217 Å². The number of fused-ring (bicyclic) bond motifs is 1. The molecule has 37 heavy (non-hydrogen) atoms. The molecular formula is C32H32N2O3. The van der Waals surface area contributed by atoms with Crippen molar-refractivity contribution in [2.75, 3.05) is 6.54 Å². The van der Waals surface area contributed by atoms with Gasteiger partial charge in [-0.05, 0) is 41.2 Å². The number of hydrogen-bond acceptors (Lipinski definition) is 3. The molecule has 0 bridgehead atoms. The maximum Gasteiger partial charge on any atom is 0.216 e. The molecule has 5 heteroatoms. The van der Waals surface area contributed by atoms with Crippen molar-refractivity contribution in [3.8, 4) is 0 Å². The van der Waals surface area contributed by atoms with E-state index in [1.165, 1.54) is 12.5 Å². The standard InChI is InChI=1S/C32H32N2O3/c1-3-21-14-15-24-25(16-17-33-20(2)35)31(34-27(24)18-21)29(23-12-8-5-9-13-23)30-28(36)19-26(32(30)37)22-10-6-4-7-11-22/h4-15,18,26,29-30,34H,3,16-17,19H2,1-2H3,(H,33,35). The number of carbonyl (C=O) groups excluding carboxylic acids is 3. The smallest absolute Gasteiger partial charge is 0.216 e. The van der Waals surface area contributed by atoms with Crippen molar-refractivity contribution >= 4 is 28.4 Å². The summed E-state index contributed by atoms with van der Waals surface area (Å²) >= 11 is 0. The fourth-order valence-electron chi connectivity index (χ4n) is 5.75. The van der Waals surface area contributed by atoms with Crippen LogP contribution in [0.25, 0.3) is 10.9 Å². The van der Waals surface area contributed by atoms with Crippen molar-refractivity contribution in [2.45, 2.75) is 44.9 Å². The summed E-state index contributed by atoms with van der Waals surface area (Å²) in [6.07, 6.45) is 1.73. The molecule has 1 amide bonds. The first-order valence-corrected chi connectivity index (χ1v) is 13.0. The van der Waals surface area contributed by atoms with Crippen LogP contribution in [0.3, 0.4) is 0 Å². The van der Waals surface area contributed by atoms with E-state index >= 15 is 0 Å². The lowest BCUT2D eigenvalue weighted by atomic mass is 9.78. The number of benzene rings is 3. The second-order valence-electron chi connectivity index (χ2n) is 9.89. The average Bonchev–Trinajstić information content (AvgIpc) is 3.41. The van der Waals surface area contributed by atoms with E-state index in [1.54, 1.807) is 0 Å². The summed E-state index contributed by atoms with van der Waals surface area (Å²) in [4.78, 5) is 42.8. The van der Waals surface area contributed by atoms with Crippen molar-refractivity contribution in [3.63, 3.8) is 0 Å². The lowest BCUT2D eigenvalue weighted by Crippen LogP contribution is -2.27. The van der Waals surface area contributed by atoms with Crippen LogP contribution in [0.4, 0.5) is 0 Å². The van der Waals surface area contributed by atoms with E-state index < -0.39 is 17.8 Å². The van der Waals surface area contributed by atoms with Gasteiger partial charge in [-0.15, -0.1) is 0 Å².